The van der Waals surface area contributed by atoms with Gasteiger partial charge in [0.05, 0.1) is 11.5 Å². The van der Waals surface area contributed by atoms with Crippen molar-refractivity contribution in [2.45, 2.75) is 25.2 Å². The standard InChI is InChI=1S/C13H20N2O2S/c14-6-1-13(11-2-7-15-8-3-11)12-4-9-18(16,17)10-5-12/h2-3,7-8,12-13H,1,4-6,9-10,14H2. The van der Waals surface area contributed by atoms with Crippen molar-refractivity contribution in [1.82, 2.24) is 4.98 Å². The number of pyridine rings is 1. The predicted octanol–water partition coefficient (Wildman–Crippen LogP) is 1.34. The molecule has 0 amide bonds. The van der Waals surface area contributed by atoms with Gasteiger partial charge in [0, 0.05) is 12.4 Å². The van der Waals surface area contributed by atoms with Crippen molar-refractivity contribution in [3.8, 4) is 0 Å². The number of nitrogens with zero attached hydrogens (tertiary/aromatic N) is 1. The van der Waals surface area contributed by atoms with Gasteiger partial charge in [0.1, 0.15) is 9.84 Å². The van der Waals surface area contributed by atoms with Crippen LogP contribution >= 0.6 is 0 Å². The first kappa shape index (κ1) is 13.5. The van der Waals surface area contributed by atoms with Crippen LogP contribution in [0.15, 0.2) is 24.5 Å². The van der Waals surface area contributed by atoms with Crippen molar-refractivity contribution in [3.63, 3.8) is 0 Å². The lowest BCUT2D eigenvalue weighted by molar-refractivity contribution is 0.371. The normalized spacial score (nSPS) is 21.6. The molecule has 0 aliphatic carbocycles. The highest BCUT2D eigenvalue weighted by molar-refractivity contribution is 7.91. The van der Waals surface area contributed by atoms with E-state index in [0.29, 0.717) is 29.9 Å². The van der Waals surface area contributed by atoms with Crippen LogP contribution in [0.4, 0.5) is 0 Å². The molecule has 1 aromatic rings. The lowest BCUT2D eigenvalue weighted by Gasteiger charge is -2.30. The first-order valence-electron chi connectivity index (χ1n) is 6.43. The molecule has 1 aliphatic heterocycles. The number of hydrogen-bond acceptors (Lipinski definition) is 4. The van der Waals surface area contributed by atoms with Crippen molar-refractivity contribution < 1.29 is 8.42 Å². The summed E-state index contributed by atoms with van der Waals surface area (Å²) in [6.45, 7) is 0.635. The monoisotopic (exact) mass is 268 g/mol. The summed E-state index contributed by atoms with van der Waals surface area (Å²) in [5, 5.41) is 0. The number of sulfone groups is 1. The summed E-state index contributed by atoms with van der Waals surface area (Å²) in [4.78, 5) is 4.03. The first-order chi connectivity index (χ1) is 8.62. The summed E-state index contributed by atoms with van der Waals surface area (Å²) in [6, 6.07) is 4.03. The Kier molecular flexibility index (Phi) is 4.35. The van der Waals surface area contributed by atoms with Gasteiger partial charge < -0.3 is 5.73 Å². The fraction of sp³-hybridized carbons (Fsp3) is 0.615. The zero-order valence-electron chi connectivity index (χ0n) is 10.5. The number of rotatable bonds is 4. The maximum absolute atomic E-state index is 11.5. The Hall–Kier alpha value is -0.940. The molecule has 1 atom stereocenters. The molecule has 2 rings (SSSR count). The highest BCUT2D eigenvalue weighted by Gasteiger charge is 2.29. The molecule has 2 N–H and O–H groups in total. The van der Waals surface area contributed by atoms with Crippen LogP contribution in [0.25, 0.3) is 0 Å². The first-order valence-corrected chi connectivity index (χ1v) is 8.25. The Morgan fingerprint density at radius 1 is 1.28 bits per heavy atom. The van der Waals surface area contributed by atoms with E-state index in [1.165, 1.54) is 5.56 Å². The predicted molar refractivity (Wildman–Crippen MR) is 72.0 cm³/mol. The Balaban J connectivity index is 2.12. The van der Waals surface area contributed by atoms with Gasteiger partial charge in [0.25, 0.3) is 0 Å². The molecular formula is C13H20N2O2S. The summed E-state index contributed by atoms with van der Waals surface area (Å²) in [5.74, 6) is 1.45. The van der Waals surface area contributed by atoms with E-state index < -0.39 is 9.84 Å². The topological polar surface area (TPSA) is 73.0 Å². The van der Waals surface area contributed by atoms with Gasteiger partial charge in [-0.15, -0.1) is 0 Å². The van der Waals surface area contributed by atoms with Crippen LogP contribution in [0.5, 0.6) is 0 Å². The fourth-order valence-corrected chi connectivity index (χ4v) is 4.30. The Morgan fingerprint density at radius 3 is 2.44 bits per heavy atom. The third kappa shape index (κ3) is 3.29. The second-order valence-electron chi connectivity index (χ2n) is 4.95. The maximum Gasteiger partial charge on any atom is 0.150 e. The van der Waals surface area contributed by atoms with E-state index in [2.05, 4.69) is 4.98 Å². The maximum atomic E-state index is 11.5. The minimum absolute atomic E-state index is 0.323. The highest BCUT2D eigenvalue weighted by Crippen LogP contribution is 2.35. The van der Waals surface area contributed by atoms with Crippen LogP contribution in [0.1, 0.15) is 30.7 Å². The second kappa shape index (κ2) is 5.80. The molecule has 0 radical (unpaired) electrons. The summed E-state index contributed by atoms with van der Waals surface area (Å²) in [5.41, 5.74) is 6.93. The molecule has 1 aliphatic rings. The Labute approximate surface area is 109 Å². The van der Waals surface area contributed by atoms with Crippen LogP contribution < -0.4 is 5.73 Å². The van der Waals surface area contributed by atoms with E-state index in [1.807, 2.05) is 12.1 Å². The molecule has 0 spiro atoms. The molecule has 100 valence electrons. The summed E-state index contributed by atoms with van der Waals surface area (Å²) < 4.78 is 23.0. The minimum atomic E-state index is -2.79. The van der Waals surface area contributed by atoms with Crippen molar-refractivity contribution in [3.05, 3.63) is 30.1 Å². The van der Waals surface area contributed by atoms with Crippen LogP contribution in [-0.4, -0.2) is 31.5 Å². The molecule has 1 unspecified atom stereocenters. The zero-order chi connectivity index (χ0) is 13.0. The van der Waals surface area contributed by atoms with Crippen LogP contribution in [0, 0.1) is 5.92 Å². The van der Waals surface area contributed by atoms with Gasteiger partial charge in [0.15, 0.2) is 0 Å². The molecule has 5 heteroatoms. The SMILES string of the molecule is NCCC(c1ccncc1)C1CCS(=O)(=O)CC1. The lowest BCUT2D eigenvalue weighted by atomic mass is 9.80. The van der Waals surface area contributed by atoms with Crippen molar-refractivity contribution >= 4 is 9.84 Å². The van der Waals surface area contributed by atoms with Gasteiger partial charge in [-0.2, -0.15) is 0 Å². The molecule has 1 aromatic heterocycles. The molecule has 18 heavy (non-hydrogen) atoms. The molecule has 2 heterocycles. The third-order valence-corrected chi connectivity index (χ3v) is 5.50. The van der Waals surface area contributed by atoms with Gasteiger partial charge in [-0.3, -0.25) is 4.98 Å². The molecule has 4 nitrogen and oxygen atoms in total. The van der Waals surface area contributed by atoms with Crippen molar-refractivity contribution in [2.24, 2.45) is 11.7 Å². The molecule has 0 bridgehead atoms. The number of nitrogens with two attached hydrogens (primary N) is 1. The number of aromatic nitrogens is 1. The zero-order valence-corrected chi connectivity index (χ0v) is 11.3. The highest BCUT2D eigenvalue weighted by atomic mass is 32.2. The summed E-state index contributed by atoms with van der Waals surface area (Å²) in [6.07, 6.45) is 6.01. The molecule has 1 saturated heterocycles. The van der Waals surface area contributed by atoms with E-state index in [1.54, 1.807) is 12.4 Å². The third-order valence-electron chi connectivity index (χ3n) is 3.78. The van der Waals surface area contributed by atoms with Gasteiger partial charge in [-0.05, 0) is 55.3 Å². The smallest absolute Gasteiger partial charge is 0.150 e. The van der Waals surface area contributed by atoms with Gasteiger partial charge in [-0.1, -0.05) is 0 Å². The second-order valence-corrected chi connectivity index (χ2v) is 7.26. The number of hydrogen-bond donors (Lipinski definition) is 1. The molecular weight excluding hydrogens is 248 g/mol. The van der Waals surface area contributed by atoms with Crippen LogP contribution in [0.2, 0.25) is 0 Å². The van der Waals surface area contributed by atoms with Gasteiger partial charge in [0.2, 0.25) is 0 Å². The van der Waals surface area contributed by atoms with Gasteiger partial charge >= 0.3 is 0 Å². The van der Waals surface area contributed by atoms with E-state index in [4.69, 9.17) is 5.73 Å². The van der Waals surface area contributed by atoms with E-state index >= 15 is 0 Å². The van der Waals surface area contributed by atoms with Gasteiger partial charge in [-0.25, -0.2) is 8.42 Å². The van der Waals surface area contributed by atoms with E-state index in [-0.39, 0.29) is 0 Å². The summed E-state index contributed by atoms with van der Waals surface area (Å²) >= 11 is 0. The van der Waals surface area contributed by atoms with Crippen LogP contribution in [0.3, 0.4) is 0 Å². The van der Waals surface area contributed by atoms with Crippen LogP contribution in [-0.2, 0) is 9.84 Å². The van der Waals surface area contributed by atoms with Crippen molar-refractivity contribution in [1.29, 1.82) is 0 Å². The molecule has 1 fully saturated rings. The largest absolute Gasteiger partial charge is 0.330 e. The van der Waals surface area contributed by atoms with Crippen molar-refractivity contribution in [2.75, 3.05) is 18.1 Å². The average Bonchev–Trinajstić information content (AvgIpc) is 2.38. The minimum Gasteiger partial charge on any atom is -0.330 e. The quantitative estimate of drug-likeness (QED) is 0.894. The molecule has 0 aromatic carbocycles. The summed E-state index contributed by atoms with van der Waals surface area (Å²) in [7, 11) is -2.79. The fourth-order valence-electron chi connectivity index (χ4n) is 2.78. The van der Waals surface area contributed by atoms with E-state index in [0.717, 1.165) is 19.3 Å². The van der Waals surface area contributed by atoms with E-state index in [9.17, 15) is 8.42 Å². The Bertz CT molecular complexity index is 459. The molecule has 0 saturated carbocycles. The average molecular weight is 268 g/mol. The lowest BCUT2D eigenvalue weighted by Crippen LogP contribution is -2.28. The Morgan fingerprint density at radius 2 is 1.89 bits per heavy atom.